The largest absolute Gasteiger partial charge is 0.388 e. The summed E-state index contributed by atoms with van der Waals surface area (Å²) in [6, 6.07) is 18.2. The number of nitrogens with one attached hydrogen (secondary N) is 1. The van der Waals surface area contributed by atoms with Crippen LogP contribution < -0.4 is 5.32 Å². The molecule has 1 aliphatic rings. The predicted molar refractivity (Wildman–Crippen MR) is 132 cm³/mol. The first-order valence-electron chi connectivity index (χ1n) is 11.4. The van der Waals surface area contributed by atoms with Gasteiger partial charge in [0.15, 0.2) is 6.23 Å². The number of benzene rings is 2. The zero-order valence-corrected chi connectivity index (χ0v) is 19.5. The molecule has 4 atom stereocenters. The first-order valence-corrected chi connectivity index (χ1v) is 11.4. The van der Waals surface area contributed by atoms with Gasteiger partial charge in [-0.2, -0.15) is 0 Å². The Labute approximate surface area is 198 Å². The molecule has 2 aromatic carbocycles. The molecule has 3 heterocycles. The van der Waals surface area contributed by atoms with Gasteiger partial charge in [0.25, 0.3) is 0 Å². The Morgan fingerprint density at radius 1 is 1.00 bits per heavy atom. The Kier molecular flexibility index (Phi) is 6.05. The van der Waals surface area contributed by atoms with E-state index in [0.29, 0.717) is 11.5 Å². The molecule has 0 aliphatic carbocycles. The average Bonchev–Trinajstić information content (AvgIpc) is 3.34. The minimum atomic E-state index is -1.06. The minimum Gasteiger partial charge on any atom is -0.388 e. The fraction of sp³-hybridized carbons (Fsp3) is 0.308. The molecule has 176 valence electrons. The summed E-state index contributed by atoms with van der Waals surface area (Å²) in [7, 11) is 4.09. The van der Waals surface area contributed by atoms with Gasteiger partial charge in [-0.05, 0) is 44.3 Å². The summed E-state index contributed by atoms with van der Waals surface area (Å²) in [5, 5.41) is 25.2. The van der Waals surface area contributed by atoms with E-state index >= 15 is 0 Å². The maximum atomic E-state index is 10.7. The molecule has 0 saturated carbocycles. The van der Waals surface area contributed by atoms with Crippen LogP contribution in [-0.4, -0.2) is 62.1 Å². The molecule has 1 aliphatic heterocycles. The van der Waals surface area contributed by atoms with Crippen LogP contribution >= 0.6 is 0 Å². The first kappa shape index (κ1) is 22.5. The molecule has 5 rings (SSSR count). The monoisotopic (exact) mass is 459 g/mol. The van der Waals surface area contributed by atoms with Crippen LogP contribution in [0, 0.1) is 0 Å². The molecule has 1 saturated heterocycles. The van der Waals surface area contributed by atoms with Gasteiger partial charge in [0.2, 0.25) is 0 Å². The zero-order chi connectivity index (χ0) is 23.8. The van der Waals surface area contributed by atoms with Gasteiger partial charge >= 0.3 is 0 Å². The Hall–Kier alpha value is -3.30. The van der Waals surface area contributed by atoms with Crippen molar-refractivity contribution in [3.63, 3.8) is 0 Å². The number of rotatable bonds is 6. The number of hydrogen-bond donors (Lipinski definition) is 3. The fourth-order valence-corrected chi connectivity index (χ4v) is 4.46. The Balaban J connectivity index is 1.60. The third kappa shape index (κ3) is 4.17. The van der Waals surface area contributed by atoms with E-state index in [1.807, 2.05) is 62.8 Å². The quantitative estimate of drug-likeness (QED) is 0.406. The maximum Gasteiger partial charge on any atom is 0.164 e. The molecule has 0 spiro atoms. The van der Waals surface area contributed by atoms with Gasteiger partial charge in [-0.15, -0.1) is 0 Å². The normalized spacial score (nSPS) is 22.5. The predicted octanol–water partition coefficient (Wildman–Crippen LogP) is 3.54. The van der Waals surface area contributed by atoms with Crippen LogP contribution in [0.4, 0.5) is 11.5 Å². The maximum absolute atomic E-state index is 10.7. The highest BCUT2D eigenvalue weighted by Crippen LogP contribution is 2.39. The summed E-state index contributed by atoms with van der Waals surface area (Å²) < 4.78 is 7.70. The second kappa shape index (κ2) is 9.15. The van der Waals surface area contributed by atoms with Crippen molar-refractivity contribution in [2.75, 3.05) is 19.4 Å². The van der Waals surface area contributed by atoms with Crippen LogP contribution in [0.2, 0.25) is 0 Å². The third-order valence-electron chi connectivity index (χ3n) is 6.16. The van der Waals surface area contributed by atoms with E-state index in [0.717, 1.165) is 28.7 Å². The van der Waals surface area contributed by atoms with Gasteiger partial charge in [0.05, 0.1) is 11.5 Å². The van der Waals surface area contributed by atoms with Gasteiger partial charge in [0, 0.05) is 24.0 Å². The summed E-state index contributed by atoms with van der Waals surface area (Å²) in [5.41, 5.74) is 4.65. The fourth-order valence-electron chi connectivity index (χ4n) is 4.46. The average molecular weight is 460 g/mol. The SMILES string of the molecule is C[C@H]1O[C@@H](n2cc(-c3ccccc3)c3c(Nc4ccc(CN(C)C)cc4)ncnc32)[C@H](O)[C@@H]1O. The van der Waals surface area contributed by atoms with Gasteiger partial charge in [-0.1, -0.05) is 42.5 Å². The molecule has 8 heteroatoms. The summed E-state index contributed by atoms with van der Waals surface area (Å²) in [4.78, 5) is 11.2. The van der Waals surface area contributed by atoms with Crippen LogP contribution in [0.25, 0.3) is 22.2 Å². The number of aliphatic hydroxyl groups is 2. The Morgan fingerprint density at radius 3 is 2.38 bits per heavy atom. The molecule has 0 radical (unpaired) electrons. The lowest BCUT2D eigenvalue weighted by molar-refractivity contribution is -0.0295. The highest BCUT2D eigenvalue weighted by atomic mass is 16.6. The summed E-state index contributed by atoms with van der Waals surface area (Å²) >= 11 is 0. The van der Waals surface area contributed by atoms with Crippen LogP contribution in [0.3, 0.4) is 0 Å². The lowest BCUT2D eigenvalue weighted by Crippen LogP contribution is -2.30. The van der Waals surface area contributed by atoms with E-state index < -0.39 is 24.5 Å². The number of hydrogen-bond acceptors (Lipinski definition) is 7. The van der Waals surface area contributed by atoms with Crippen molar-refractivity contribution < 1.29 is 14.9 Å². The van der Waals surface area contributed by atoms with Crippen molar-refractivity contribution in [3.05, 3.63) is 72.7 Å². The zero-order valence-electron chi connectivity index (χ0n) is 19.5. The van der Waals surface area contributed by atoms with E-state index in [1.165, 1.54) is 11.9 Å². The highest BCUT2D eigenvalue weighted by molar-refractivity contribution is 6.02. The van der Waals surface area contributed by atoms with Crippen molar-refractivity contribution in [1.82, 2.24) is 19.4 Å². The smallest absolute Gasteiger partial charge is 0.164 e. The molecule has 4 aromatic rings. The Morgan fingerprint density at radius 2 is 1.74 bits per heavy atom. The molecular weight excluding hydrogens is 430 g/mol. The molecule has 2 aromatic heterocycles. The third-order valence-corrected chi connectivity index (χ3v) is 6.16. The van der Waals surface area contributed by atoms with Crippen LogP contribution in [0.1, 0.15) is 18.7 Å². The molecular formula is C26H29N5O3. The summed E-state index contributed by atoms with van der Waals surface area (Å²) in [6.45, 7) is 2.62. The van der Waals surface area contributed by atoms with Crippen molar-refractivity contribution in [2.45, 2.75) is 38.0 Å². The van der Waals surface area contributed by atoms with E-state index in [4.69, 9.17) is 4.74 Å². The van der Waals surface area contributed by atoms with Gasteiger partial charge in [-0.3, -0.25) is 0 Å². The van der Waals surface area contributed by atoms with Crippen molar-refractivity contribution in [1.29, 1.82) is 0 Å². The van der Waals surface area contributed by atoms with Crippen molar-refractivity contribution >= 4 is 22.5 Å². The molecule has 0 bridgehead atoms. The van der Waals surface area contributed by atoms with Crippen LogP contribution in [0.5, 0.6) is 0 Å². The first-order chi connectivity index (χ1) is 16.4. The number of nitrogens with zero attached hydrogens (tertiary/aromatic N) is 4. The standard InChI is InChI=1S/C26H29N5O3/c1-16-22(32)23(33)26(34-16)31-14-20(18-7-5-4-6-8-18)21-24(27-15-28-25(21)31)29-19-11-9-17(10-12-19)13-30(2)3/h4-12,14-16,22-23,26,32-33H,13H2,1-3H3,(H,27,28,29)/t16-,22-,23-,26-/m1/s1. The number of aromatic nitrogens is 3. The van der Waals surface area contributed by atoms with Crippen LogP contribution in [-0.2, 0) is 11.3 Å². The topological polar surface area (TPSA) is 95.7 Å². The molecule has 8 nitrogen and oxygen atoms in total. The summed E-state index contributed by atoms with van der Waals surface area (Å²) in [5.74, 6) is 0.657. The summed E-state index contributed by atoms with van der Waals surface area (Å²) in [6.07, 6.45) is 0.138. The molecule has 1 fully saturated rings. The van der Waals surface area contributed by atoms with E-state index in [1.54, 1.807) is 11.5 Å². The number of aliphatic hydroxyl groups excluding tert-OH is 2. The number of fused-ring (bicyclic) bond motifs is 1. The lowest BCUT2D eigenvalue weighted by Gasteiger charge is -2.17. The van der Waals surface area contributed by atoms with Gasteiger partial charge in [-0.25, -0.2) is 9.97 Å². The van der Waals surface area contributed by atoms with Gasteiger partial charge < -0.3 is 29.7 Å². The molecule has 34 heavy (non-hydrogen) atoms. The molecule has 0 amide bonds. The lowest BCUT2D eigenvalue weighted by atomic mass is 10.1. The minimum absolute atomic E-state index is 0.488. The molecule has 0 unspecified atom stereocenters. The highest BCUT2D eigenvalue weighted by Gasteiger charge is 2.42. The van der Waals surface area contributed by atoms with Crippen LogP contribution in [0.15, 0.2) is 67.1 Å². The van der Waals surface area contributed by atoms with E-state index in [2.05, 4.69) is 32.3 Å². The second-order valence-electron chi connectivity index (χ2n) is 9.01. The Bertz CT molecular complexity index is 1270. The van der Waals surface area contributed by atoms with Crippen molar-refractivity contribution in [2.24, 2.45) is 0 Å². The molecule has 3 N–H and O–H groups in total. The number of ether oxygens (including phenoxy) is 1. The van der Waals surface area contributed by atoms with E-state index in [9.17, 15) is 10.2 Å². The van der Waals surface area contributed by atoms with E-state index in [-0.39, 0.29) is 0 Å². The number of anilines is 2. The van der Waals surface area contributed by atoms with Gasteiger partial charge in [0.1, 0.15) is 30.0 Å². The van der Waals surface area contributed by atoms with Crippen molar-refractivity contribution in [3.8, 4) is 11.1 Å². The second-order valence-corrected chi connectivity index (χ2v) is 9.01.